The van der Waals surface area contributed by atoms with Crippen LogP contribution in [0.5, 0.6) is 0 Å². The number of carboxylic acids is 1. The van der Waals surface area contributed by atoms with E-state index in [0.29, 0.717) is 11.4 Å². The molecule has 0 bridgehead atoms. The molecule has 1 heterocycles. The largest absolute Gasteiger partial charge is 0.478 e. The van der Waals surface area contributed by atoms with Crippen LogP contribution in [0, 0.1) is 4.91 Å². The summed E-state index contributed by atoms with van der Waals surface area (Å²) in [5.41, 5.74) is 5.02. The molecule has 0 aromatic heterocycles. The number of nitroso groups, excluding NO2 is 1. The smallest absolute Gasteiger partial charge is 0.335 e. The SMILES string of the molecule is CN1C=C(C(CC(c2ccc(-c3ccc(C(=O)O)cc3)cc2)c2ccccc2Cl)N=O)C=CC1. The lowest BCUT2D eigenvalue weighted by atomic mass is 9.83. The van der Waals surface area contributed by atoms with Gasteiger partial charge in [-0.25, -0.2) is 4.79 Å². The van der Waals surface area contributed by atoms with Crippen molar-refractivity contribution in [3.05, 3.63) is 123 Å². The monoisotopic (exact) mass is 472 g/mol. The van der Waals surface area contributed by atoms with Gasteiger partial charge in [0.25, 0.3) is 0 Å². The van der Waals surface area contributed by atoms with Crippen molar-refractivity contribution in [1.82, 2.24) is 4.90 Å². The zero-order valence-corrected chi connectivity index (χ0v) is 19.5. The predicted molar refractivity (Wildman–Crippen MR) is 136 cm³/mol. The first kappa shape index (κ1) is 23.5. The van der Waals surface area contributed by atoms with Crippen molar-refractivity contribution < 1.29 is 9.90 Å². The van der Waals surface area contributed by atoms with Crippen molar-refractivity contribution in [1.29, 1.82) is 0 Å². The topological polar surface area (TPSA) is 70.0 Å². The van der Waals surface area contributed by atoms with Crippen molar-refractivity contribution in [3.63, 3.8) is 0 Å². The summed E-state index contributed by atoms with van der Waals surface area (Å²) in [6.45, 7) is 0.803. The third-order valence-electron chi connectivity index (χ3n) is 6.10. The van der Waals surface area contributed by atoms with Crippen molar-refractivity contribution in [2.45, 2.75) is 18.4 Å². The van der Waals surface area contributed by atoms with E-state index in [1.54, 1.807) is 24.3 Å². The van der Waals surface area contributed by atoms with Crippen LogP contribution < -0.4 is 0 Å². The Hall–Kier alpha value is -3.70. The van der Waals surface area contributed by atoms with Crippen LogP contribution in [-0.4, -0.2) is 35.6 Å². The third kappa shape index (κ3) is 5.26. The molecule has 1 aliphatic heterocycles. The average Bonchev–Trinajstić information content (AvgIpc) is 2.86. The van der Waals surface area contributed by atoms with Crippen LogP contribution >= 0.6 is 11.6 Å². The molecular formula is C28H25ClN2O3. The van der Waals surface area contributed by atoms with Crippen molar-refractivity contribution in [3.8, 4) is 11.1 Å². The molecule has 0 amide bonds. The molecular weight excluding hydrogens is 448 g/mol. The van der Waals surface area contributed by atoms with Gasteiger partial charge in [0, 0.05) is 30.7 Å². The number of carbonyl (C=O) groups is 1. The van der Waals surface area contributed by atoms with E-state index in [1.807, 2.05) is 78.8 Å². The number of hydrogen-bond acceptors (Lipinski definition) is 4. The van der Waals surface area contributed by atoms with Crippen LogP contribution in [-0.2, 0) is 0 Å². The van der Waals surface area contributed by atoms with Crippen LogP contribution in [0.25, 0.3) is 11.1 Å². The molecule has 0 fully saturated rings. The van der Waals surface area contributed by atoms with Gasteiger partial charge in [-0.2, -0.15) is 4.91 Å². The van der Waals surface area contributed by atoms with Crippen molar-refractivity contribution in [2.75, 3.05) is 13.6 Å². The molecule has 0 radical (unpaired) electrons. The zero-order valence-electron chi connectivity index (χ0n) is 18.8. The summed E-state index contributed by atoms with van der Waals surface area (Å²) in [6, 6.07) is 22.1. The van der Waals surface area contributed by atoms with Crippen LogP contribution in [0.1, 0.15) is 33.8 Å². The molecule has 0 spiro atoms. The van der Waals surface area contributed by atoms with Gasteiger partial charge in [0.05, 0.1) is 5.56 Å². The minimum atomic E-state index is -0.947. The summed E-state index contributed by atoms with van der Waals surface area (Å²) in [6.07, 6.45) is 6.46. The van der Waals surface area contributed by atoms with Gasteiger partial charge < -0.3 is 10.0 Å². The number of likely N-dealkylation sites (N-methyl/N-ethyl adjacent to an activating group) is 1. The molecule has 2 atom stereocenters. The molecule has 3 aromatic carbocycles. The molecule has 5 nitrogen and oxygen atoms in total. The van der Waals surface area contributed by atoms with E-state index in [-0.39, 0.29) is 11.5 Å². The molecule has 4 rings (SSSR count). The minimum absolute atomic E-state index is 0.124. The van der Waals surface area contributed by atoms with Gasteiger partial charge in [0.15, 0.2) is 0 Å². The molecule has 0 saturated carbocycles. The summed E-state index contributed by atoms with van der Waals surface area (Å²) in [7, 11) is 1.97. The molecule has 34 heavy (non-hydrogen) atoms. The summed E-state index contributed by atoms with van der Waals surface area (Å²) in [5, 5.41) is 13.2. The molecule has 0 saturated heterocycles. The number of carboxylic acid groups (broad SMARTS) is 1. The number of aromatic carboxylic acids is 1. The van der Waals surface area contributed by atoms with E-state index in [1.165, 1.54) is 0 Å². The molecule has 2 unspecified atom stereocenters. The highest BCUT2D eigenvalue weighted by Gasteiger charge is 2.25. The maximum Gasteiger partial charge on any atom is 0.335 e. The summed E-state index contributed by atoms with van der Waals surface area (Å²) in [5.74, 6) is -1.07. The molecule has 0 aliphatic carbocycles. The lowest BCUT2D eigenvalue weighted by Gasteiger charge is -2.25. The van der Waals surface area contributed by atoms with Gasteiger partial charge in [-0.15, -0.1) is 0 Å². The quantitative estimate of drug-likeness (QED) is 0.368. The molecule has 172 valence electrons. The average molecular weight is 473 g/mol. The van der Waals surface area contributed by atoms with E-state index in [9.17, 15) is 9.70 Å². The van der Waals surface area contributed by atoms with Gasteiger partial charge in [-0.1, -0.05) is 83.5 Å². The Bertz CT molecular complexity index is 1230. The van der Waals surface area contributed by atoms with Crippen LogP contribution in [0.4, 0.5) is 0 Å². The number of nitrogens with zero attached hydrogens (tertiary/aromatic N) is 2. The highest BCUT2D eigenvalue weighted by molar-refractivity contribution is 6.31. The standard InChI is InChI=1S/C28H25ClN2O3/c1-31-16-4-5-23(18-31)27(30-34)17-25(24-6-2-3-7-26(24)29)21-12-8-19(9-13-21)20-10-14-22(15-11-20)28(32)33/h2-15,18,25,27H,16-17H2,1H3,(H,32,33). The number of hydrogen-bond donors (Lipinski definition) is 1. The highest BCUT2D eigenvalue weighted by Crippen LogP contribution is 2.37. The lowest BCUT2D eigenvalue weighted by Crippen LogP contribution is -2.20. The van der Waals surface area contributed by atoms with Gasteiger partial charge in [0.1, 0.15) is 6.04 Å². The van der Waals surface area contributed by atoms with Crippen LogP contribution in [0.3, 0.4) is 0 Å². The van der Waals surface area contributed by atoms with E-state index < -0.39 is 12.0 Å². The van der Waals surface area contributed by atoms with E-state index in [2.05, 4.69) is 5.18 Å². The first-order valence-corrected chi connectivity index (χ1v) is 11.4. The maximum absolute atomic E-state index is 11.9. The Kier molecular flexibility index (Phi) is 7.24. The Morgan fingerprint density at radius 1 is 1.03 bits per heavy atom. The molecule has 1 N–H and O–H groups in total. The van der Waals surface area contributed by atoms with Gasteiger partial charge in [-0.3, -0.25) is 0 Å². The van der Waals surface area contributed by atoms with E-state index >= 15 is 0 Å². The predicted octanol–water partition coefficient (Wildman–Crippen LogP) is 6.75. The van der Waals surface area contributed by atoms with Crippen LogP contribution in [0.2, 0.25) is 5.02 Å². The maximum atomic E-state index is 11.9. The van der Waals surface area contributed by atoms with Gasteiger partial charge >= 0.3 is 5.97 Å². The first-order valence-electron chi connectivity index (χ1n) is 11.1. The second-order valence-electron chi connectivity index (χ2n) is 8.41. The second-order valence-corrected chi connectivity index (χ2v) is 8.81. The Balaban J connectivity index is 1.66. The summed E-state index contributed by atoms with van der Waals surface area (Å²) in [4.78, 5) is 25.0. The molecule has 1 aliphatic rings. The first-order chi connectivity index (χ1) is 16.5. The van der Waals surface area contributed by atoms with Gasteiger partial charge in [-0.05, 0) is 52.4 Å². The third-order valence-corrected chi connectivity index (χ3v) is 6.45. The van der Waals surface area contributed by atoms with Crippen molar-refractivity contribution in [2.24, 2.45) is 5.18 Å². The highest BCUT2D eigenvalue weighted by atomic mass is 35.5. The fraction of sp³-hybridized carbons (Fsp3) is 0.179. The van der Waals surface area contributed by atoms with Gasteiger partial charge in [0.2, 0.25) is 0 Å². The second kappa shape index (κ2) is 10.5. The van der Waals surface area contributed by atoms with Crippen molar-refractivity contribution >= 4 is 17.6 Å². The summed E-state index contributed by atoms with van der Waals surface area (Å²) < 4.78 is 0. The summed E-state index contributed by atoms with van der Waals surface area (Å²) >= 11 is 6.58. The Morgan fingerprint density at radius 3 is 2.26 bits per heavy atom. The number of rotatable bonds is 8. The van der Waals surface area contributed by atoms with Crippen LogP contribution in [0.15, 0.2) is 102 Å². The molecule has 3 aromatic rings. The fourth-order valence-electron chi connectivity index (χ4n) is 4.28. The van der Waals surface area contributed by atoms with E-state index in [0.717, 1.165) is 34.4 Å². The zero-order chi connectivity index (χ0) is 24.1. The minimum Gasteiger partial charge on any atom is -0.478 e. The Morgan fingerprint density at radius 2 is 1.68 bits per heavy atom. The molecule has 6 heteroatoms. The van der Waals surface area contributed by atoms with E-state index in [4.69, 9.17) is 16.7 Å². The fourth-order valence-corrected chi connectivity index (χ4v) is 4.55. The normalized spacial score (nSPS) is 14.9. The number of halogens is 1. The lowest BCUT2D eigenvalue weighted by molar-refractivity contribution is 0.0697. The Labute approximate surface area is 204 Å². The number of benzene rings is 3.